The van der Waals surface area contributed by atoms with Gasteiger partial charge in [0.25, 0.3) is 0 Å². The van der Waals surface area contributed by atoms with Crippen molar-refractivity contribution < 1.29 is 8.42 Å². The summed E-state index contributed by atoms with van der Waals surface area (Å²) < 4.78 is 22.6. The van der Waals surface area contributed by atoms with Gasteiger partial charge in [-0.15, -0.1) is 0 Å². The van der Waals surface area contributed by atoms with E-state index in [9.17, 15) is 8.42 Å². The van der Waals surface area contributed by atoms with Crippen molar-refractivity contribution in [3.63, 3.8) is 0 Å². The lowest BCUT2D eigenvalue weighted by molar-refractivity contribution is 0.615. The third-order valence-electron chi connectivity index (χ3n) is 1.40. The highest BCUT2D eigenvalue weighted by molar-refractivity contribution is 14.1. The maximum atomic E-state index is 10.5. The Morgan fingerprint density at radius 2 is 2.09 bits per heavy atom. The molecule has 0 heterocycles. The fourth-order valence-corrected chi connectivity index (χ4v) is 2.16. The summed E-state index contributed by atoms with van der Waals surface area (Å²) in [6, 6.07) is 0. The third kappa shape index (κ3) is 5.66. The average molecular weight is 288 g/mol. The molecule has 0 bridgehead atoms. The standard InChI is InChI=1S/C7H13IO2S/c1-2-3-4-5-7(6-8)11(9)10/h6,11H,2-5H2,1H3/b7-6+. The first-order valence-corrected chi connectivity index (χ1v) is 6.08. The van der Waals surface area contributed by atoms with Crippen molar-refractivity contribution in [1.29, 1.82) is 0 Å². The van der Waals surface area contributed by atoms with Gasteiger partial charge in [-0.25, -0.2) is 8.42 Å². The fourth-order valence-electron chi connectivity index (χ4n) is 0.742. The summed E-state index contributed by atoms with van der Waals surface area (Å²) in [6.07, 6.45) is 3.92. The van der Waals surface area contributed by atoms with Crippen LogP contribution in [-0.4, -0.2) is 8.42 Å². The molecule has 0 fully saturated rings. The highest BCUT2D eigenvalue weighted by Crippen LogP contribution is 2.11. The van der Waals surface area contributed by atoms with Crippen LogP contribution < -0.4 is 0 Å². The zero-order valence-corrected chi connectivity index (χ0v) is 9.60. The molecule has 0 saturated heterocycles. The molecule has 0 aromatic heterocycles. The van der Waals surface area contributed by atoms with E-state index in [0.717, 1.165) is 19.3 Å². The van der Waals surface area contributed by atoms with Crippen LogP contribution in [0.25, 0.3) is 0 Å². The minimum Gasteiger partial charge on any atom is -0.227 e. The van der Waals surface area contributed by atoms with E-state index in [0.29, 0.717) is 11.3 Å². The maximum absolute atomic E-state index is 10.5. The molecule has 0 N–H and O–H groups in total. The van der Waals surface area contributed by atoms with E-state index in [1.807, 2.05) is 22.6 Å². The lowest BCUT2D eigenvalue weighted by Crippen LogP contribution is -1.84. The Hall–Kier alpha value is 0.420. The summed E-state index contributed by atoms with van der Waals surface area (Å²) in [5.41, 5.74) is 0. The van der Waals surface area contributed by atoms with Gasteiger partial charge in [0.2, 0.25) is 0 Å². The number of halogens is 1. The van der Waals surface area contributed by atoms with Gasteiger partial charge in [0, 0.05) is 4.91 Å². The number of hydrogen-bond acceptors (Lipinski definition) is 2. The Labute approximate surface area is 83.2 Å². The van der Waals surface area contributed by atoms with Crippen molar-refractivity contribution >= 4 is 33.3 Å². The number of thiol groups is 1. The van der Waals surface area contributed by atoms with Gasteiger partial charge >= 0.3 is 0 Å². The first-order valence-electron chi connectivity index (χ1n) is 3.66. The molecule has 11 heavy (non-hydrogen) atoms. The Bertz CT molecular complexity index is 189. The summed E-state index contributed by atoms with van der Waals surface area (Å²) in [5.74, 6) is 0. The summed E-state index contributed by atoms with van der Waals surface area (Å²) in [7, 11) is -2.33. The van der Waals surface area contributed by atoms with E-state index < -0.39 is 10.7 Å². The topological polar surface area (TPSA) is 34.1 Å². The lowest BCUT2D eigenvalue weighted by atomic mass is 10.2. The molecule has 0 radical (unpaired) electrons. The van der Waals surface area contributed by atoms with Crippen LogP contribution in [0.3, 0.4) is 0 Å². The normalized spacial score (nSPS) is 12.5. The Morgan fingerprint density at radius 3 is 2.45 bits per heavy atom. The molecule has 0 amide bonds. The predicted molar refractivity (Wildman–Crippen MR) is 56.6 cm³/mol. The Morgan fingerprint density at radius 1 is 1.45 bits per heavy atom. The van der Waals surface area contributed by atoms with Gasteiger partial charge in [0.1, 0.15) is 0 Å². The molecule has 0 rings (SSSR count). The van der Waals surface area contributed by atoms with Gasteiger partial charge in [-0.1, -0.05) is 42.4 Å². The van der Waals surface area contributed by atoms with Crippen LogP contribution in [0.2, 0.25) is 0 Å². The van der Waals surface area contributed by atoms with Gasteiger partial charge in [0.05, 0.1) is 0 Å². The molecule has 0 aliphatic carbocycles. The monoisotopic (exact) mass is 288 g/mol. The van der Waals surface area contributed by atoms with Gasteiger partial charge in [0.15, 0.2) is 10.7 Å². The van der Waals surface area contributed by atoms with Crippen molar-refractivity contribution in [3.8, 4) is 0 Å². The van der Waals surface area contributed by atoms with Crippen LogP contribution in [0.4, 0.5) is 0 Å². The molecule has 4 heteroatoms. The predicted octanol–water partition coefficient (Wildman–Crippen LogP) is 2.45. The van der Waals surface area contributed by atoms with E-state index in [1.54, 1.807) is 4.08 Å². The largest absolute Gasteiger partial charge is 0.227 e. The summed E-state index contributed by atoms with van der Waals surface area (Å²) >= 11 is 1.97. The lowest BCUT2D eigenvalue weighted by Gasteiger charge is -1.96. The van der Waals surface area contributed by atoms with Crippen molar-refractivity contribution in [1.82, 2.24) is 0 Å². The molecule has 66 valence electrons. The van der Waals surface area contributed by atoms with Gasteiger partial charge < -0.3 is 0 Å². The minimum absolute atomic E-state index is 0.564. The molecule has 0 aromatic carbocycles. The number of unbranched alkanes of at least 4 members (excludes halogenated alkanes) is 2. The highest BCUT2D eigenvalue weighted by Gasteiger charge is 1.97. The van der Waals surface area contributed by atoms with Gasteiger partial charge in [-0.05, 0) is 16.9 Å². The fraction of sp³-hybridized carbons (Fsp3) is 0.714. The molecule has 2 nitrogen and oxygen atoms in total. The molecule has 0 spiro atoms. The summed E-state index contributed by atoms with van der Waals surface area (Å²) in [4.78, 5) is 0.564. The molecule has 0 saturated carbocycles. The molecule has 0 aliphatic heterocycles. The first kappa shape index (κ1) is 11.4. The summed E-state index contributed by atoms with van der Waals surface area (Å²) in [5, 5.41) is 0. The second kappa shape index (κ2) is 7.09. The van der Waals surface area contributed by atoms with E-state index in [1.165, 1.54) is 0 Å². The molecular formula is C7H13IO2S. The van der Waals surface area contributed by atoms with E-state index in [2.05, 4.69) is 6.92 Å². The maximum Gasteiger partial charge on any atom is 0.164 e. The van der Waals surface area contributed by atoms with Crippen LogP contribution in [0, 0.1) is 0 Å². The quantitative estimate of drug-likeness (QED) is 0.479. The molecule has 0 aromatic rings. The molecular weight excluding hydrogens is 275 g/mol. The number of allylic oxidation sites excluding steroid dienone is 1. The Kier molecular flexibility index (Phi) is 7.36. The van der Waals surface area contributed by atoms with Crippen molar-refractivity contribution in [2.45, 2.75) is 32.6 Å². The van der Waals surface area contributed by atoms with E-state index >= 15 is 0 Å². The number of rotatable bonds is 5. The van der Waals surface area contributed by atoms with Gasteiger partial charge in [-0.3, -0.25) is 0 Å². The second-order valence-electron chi connectivity index (χ2n) is 2.31. The van der Waals surface area contributed by atoms with Crippen molar-refractivity contribution in [3.05, 3.63) is 8.99 Å². The smallest absolute Gasteiger partial charge is 0.164 e. The highest BCUT2D eigenvalue weighted by atomic mass is 127. The van der Waals surface area contributed by atoms with E-state index in [-0.39, 0.29) is 0 Å². The number of hydrogen-bond donors (Lipinski definition) is 1. The van der Waals surface area contributed by atoms with Crippen molar-refractivity contribution in [2.24, 2.45) is 0 Å². The third-order valence-corrected chi connectivity index (χ3v) is 3.46. The van der Waals surface area contributed by atoms with Crippen LogP contribution in [0.1, 0.15) is 32.6 Å². The zero-order valence-electron chi connectivity index (χ0n) is 6.55. The van der Waals surface area contributed by atoms with Crippen LogP contribution >= 0.6 is 22.6 Å². The van der Waals surface area contributed by atoms with Crippen molar-refractivity contribution in [2.75, 3.05) is 0 Å². The van der Waals surface area contributed by atoms with Crippen LogP contribution in [0.5, 0.6) is 0 Å². The first-order chi connectivity index (χ1) is 5.22. The summed E-state index contributed by atoms with van der Waals surface area (Å²) in [6.45, 7) is 2.10. The minimum atomic E-state index is -2.33. The van der Waals surface area contributed by atoms with Gasteiger partial charge in [-0.2, -0.15) is 0 Å². The SMILES string of the molecule is CCCCC/C(=C\I)[SH](=O)=O. The zero-order chi connectivity index (χ0) is 8.69. The van der Waals surface area contributed by atoms with Crippen LogP contribution in [-0.2, 0) is 10.7 Å². The molecule has 0 atom stereocenters. The van der Waals surface area contributed by atoms with E-state index in [4.69, 9.17) is 0 Å². The van der Waals surface area contributed by atoms with Crippen LogP contribution in [0.15, 0.2) is 8.99 Å². The molecule has 0 unspecified atom stereocenters. The molecule has 0 aliphatic rings. The Balaban J connectivity index is 3.73. The average Bonchev–Trinajstić information content (AvgIpc) is 1.97. The second-order valence-corrected chi connectivity index (χ2v) is 4.03.